The van der Waals surface area contributed by atoms with Crippen LogP contribution in [0.2, 0.25) is 0 Å². The molecule has 34 heavy (non-hydrogen) atoms. The van der Waals surface area contributed by atoms with Crippen molar-refractivity contribution in [1.82, 2.24) is 4.98 Å². The summed E-state index contributed by atoms with van der Waals surface area (Å²) in [6.45, 7) is 3.23. The Bertz CT molecular complexity index is 1040. The SMILES string of the molecule is CCCCOc1cc(N)c([N+](=O)[O-])c(N(Cc2ccc(OC)cc2)Cc2ccc(OC)cc2)n1. The van der Waals surface area contributed by atoms with Gasteiger partial charge in [-0.15, -0.1) is 0 Å². The maximum Gasteiger partial charge on any atom is 0.334 e. The van der Waals surface area contributed by atoms with E-state index in [1.54, 1.807) is 14.2 Å². The second kappa shape index (κ2) is 11.7. The average Bonchev–Trinajstić information content (AvgIpc) is 2.84. The zero-order valence-corrected chi connectivity index (χ0v) is 19.7. The molecule has 0 spiro atoms. The molecule has 180 valence electrons. The molecule has 0 saturated heterocycles. The van der Waals surface area contributed by atoms with Crippen LogP contribution in [0, 0.1) is 10.1 Å². The summed E-state index contributed by atoms with van der Waals surface area (Å²) in [6, 6.07) is 16.5. The third kappa shape index (κ3) is 6.28. The highest BCUT2D eigenvalue weighted by atomic mass is 16.6. The Morgan fingerprint density at radius 2 is 1.50 bits per heavy atom. The average molecular weight is 467 g/mol. The number of nitrogen functional groups attached to an aromatic ring is 1. The van der Waals surface area contributed by atoms with Crippen LogP contribution in [0.15, 0.2) is 54.6 Å². The highest BCUT2D eigenvalue weighted by Crippen LogP contribution is 2.36. The molecule has 2 N–H and O–H groups in total. The molecular formula is C25H30N4O5. The molecule has 2 aromatic carbocycles. The molecular weight excluding hydrogens is 436 g/mol. The summed E-state index contributed by atoms with van der Waals surface area (Å²) in [7, 11) is 3.20. The predicted octanol–water partition coefficient (Wildman–Crippen LogP) is 4.97. The van der Waals surface area contributed by atoms with Crippen molar-refractivity contribution < 1.29 is 19.1 Å². The van der Waals surface area contributed by atoms with Crippen LogP contribution in [0.25, 0.3) is 0 Å². The van der Waals surface area contributed by atoms with Crippen molar-refractivity contribution in [2.75, 3.05) is 31.5 Å². The molecule has 9 nitrogen and oxygen atoms in total. The van der Waals surface area contributed by atoms with Crippen LogP contribution in [-0.4, -0.2) is 30.7 Å². The molecule has 0 atom stereocenters. The number of nitrogens with zero attached hydrogens (tertiary/aromatic N) is 3. The van der Waals surface area contributed by atoms with Gasteiger partial charge in [0.1, 0.15) is 17.2 Å². The number of nitrogens with two attached hydrogens (primary N) is 1. The highest BCUT2D eigenvalue weighted by Gasteiger charge is 2.27. The van der Waals surface area contributed by atoms with Crippen molar-refractivity contribution in [3.8, 4) is 17.4 Å². The fourth-order valence-electron chi connectivity index (χ4n) is 3.43. The molecule has 0 unspecified atom stereocenters. The minimum atomic E-state index is -0.497. The van der Waals surface area contributed by atoms with Gasteiger partial charge in [0.05, 0.1) is 25.7 Å². The number of anilines is 2. The van der Waals surface area contributed by atoms with Crippen LogP contribution in [0.4, 0.5) is 17.2 Å². The first-order valence-corrected chi connectivity index (χ1v) is 11.0. The molecule has 0 bridgehead atoms. The number of benzene rings is 2. The van der Waals surface area contributed by atoms with Gasteiger partial charge in [0.2, 0.25) is 11.7 Å². The highest BCUT2D eigenvalue weighted by molar-refractivity contribution is 5.73. The van der Waals surface area contributed by atoms with Gasteiger partial charge in [-0.3, -0.25) is 10.1 Å². The molecule has 1 heterocycles. The lowest BCUT2D eigenvalue weighted by atomic mass is 10.1. The second-order valence-corrected chi connectivity index (χ2v) is 7.73. The summed E-state index contributed by atoms with van der Waals surface area (Å²) < 4.78 is 16.2. The monoisotopic (exact) mass is 466 g/mol. The van der Waals surface area contributed by atoms with Gasteiger partial charge in [-0.1, -0.05) is 37.6 Å². The van der Waals surface area contributed by atoms with Gasteiger partial charge in [-0.25, -0.2) is 0 Å². The van der Waals surface area contributed by atoms with E-state index < -0.39 is 4.92 Å². The minimum absolute atomic E-state index is 0.0101. The fourth-order valence-corrected chi connectivity index (χ4v) is 3.43. The third-order valence-electron chi connectivity index (χ3n) is 5.28. The van der Waals surface area contributed by atoms with Crippen LogP contribution in [-0.2, 0) is 13.1 Å². The van der Waals surface area contributed by atoms with E-state index in [0.717, 1.165) is 35.5 Å². The number of rotatable bonds is 12. The quantitative estimate of drug-likeness (QED) is 0.226. The molecule has 9 heteroatoms. The van der Waals surface area contributed by atoms with Crippen LogP contribution >= 0.6 is 0 Å². The van der Waals surface area contributed by atoms with Crippen molar-refractivity contribution in [2.45, 2.75) is 32.9 Å². The van der Waals surface area contributed by atoms with Gasteiger partial charge in [-0.2, -0.15) is 4.98 Å². The summed E-state index contributed by atoms with van der Waals surface area (Å²) >= 11 is 0. The molecule has 0 amide bonds. The summed E-state index contributed by atoms with van der Waals surface area (Å²) in [5, 5.41) is 12.0. The number of hydrogen-bond donors (Lipinski definition) is 1. The molecule has 0 radical (unpaired) electrons. The molecule has 0 fully saturated rings. The van der Waals surface area contributed by atoms with Gasteiger partial charge in [0.25, 0.3) is 0 Å². The lowest BCUT2D eigenvalue weighted by Gasteiger charge is -2.25. The smallest absolute Gasteiger partial charge is 0.334 e. The van der Waals surface area contributed by atoms with E-state index in [1.807, 2.05) is 53.4 Å². The molecule has 1 aromatic heterocycles. The number of pyridine rings is 1. The summed E-state index contributed by atoms with van der Waals surface area (Å²) in [6.07, 6.45) is 1.80. The zero-order valence-electron chi connectivity index (χ0n) is 19.7. The summed E-state index contributed by atoms with van der Waals surface area (Å²) in [4.78, 5) is 17.8. The number of hydrogen-bond acceptors (Lipinski definition) is 8. The number of ether oxygens (including phenoxy) is 3. The molecule has 0 aliphatic carbocycles. The number of nitro groups is 1. The first-order chi connectivity index (χ1) is 16.4. The Labute approximate surface area is 199 Å². The van der Waals surface area contributed by atoms with Crippen molar-refractivity contribution in [3.63, 3.8) is 0 Å². The molecule has 0 aliphatic heterocycles. The van der Waals surface area contributed by atoms with E-state index in [1.165, 1.54) is 6.07 Å². The third-order valence-corrected chi connectivity index (χ3v) is 5.28. The van der Waals surface area contributed by atoms with Crippen LogP contribution in [0.3, 0.4) is 0 Å². The van der Waals surface area contributed by atoms with Crippen LogP contribution in [0.5, 0.6) is 17.4 Å². The van der Waals surface area contributed by atoms with Gasteiger partial charge < -0.3 is 24.8 Å². The van der Waals surface area contributed by atoms with Crippen LogP contribution in [0.1, 0.15) is 30.9 Å². The van der Waals surface area contributed by atoms with Gasteiger partial charge in [0, 0.05) is 19.2 Å². The van der Waals surface area contributed by atoms with Crippen molar-refractivity contribution in [1.29, 1.82) is 0 Å². The lowest BCUT2D eigenvalue weighted by Crippen LogP contribution is -2.25. The van der Waals surface area contributed by atoms with E-state index in [4.69, 9.17) is 19.9 Å². The van der Waals surface area contributed by atoms with E-state index in [0.29, 0.717) is 19.7 Å². The van der Waals surface area contributed by atoms with E-state index in [9.17, 15) is 10.1 Å². The number of aromatic nitrogens is 1. The Balaban J connectivity index is 2.03. The normalized spacial score (nSPS) is 10.6. The summed E-state index contributed by atoms with van der Waals surface area (Å²) in [5.41, 5.74) is 7.73. The van der Waals surface area contributed by atoms with Crippen molar-refractivity contribution >= 4 is 17.2 Å². The predicted molar refractivity (Wildman–Crippen MR) is 132 cm³/mol. The van der Waals surface area contributed by atoms with E-state index in [2.05, 4.69) is 11.9 Å². The van der Waals surface area contributed by atoms with Gasteiger partial charge in [-0.05, 0) is 41.8 Å². The first kappa shape index (κ1) is 24.6. The Morgan fingerprint density at radius 3 is 1.94 bits per heavy atom. The maximum absolute atomic E-state index is 12.0. The lowest BCUT2D eigenvalue weighted by molar-refractivity contribution is -0.383. The maximum atomic E-state index is 12.0. The van der Waals surface area contributed by atoms with Crippen molar-refractivity contribution in [2.24, 2.45) is 0 Å². The number of methoxy groups -OCH3 is 2. The largest absolute Gasteiger partial charge is 0.497 e. The Morgan fingerprint density at radius 1 is 0.971 bits per heavy atom. The van der Waals surface area contributed by atoms with Crippen molar-refractivity contribution in [3.05, 3.63) is 75.8 Å². The zero-order chi connectivity index (χ0) is 24.5. The second-order valence-electron chi connectivity index (χ2n) is 7.73. The molecule has 0 saturated carbocycles. The standard InChI is InChI=1S/C25H30N4O5/c1-4-5-14-34-23-15-22(26)24(29(30)31)25(27-23)28(16-18-6-10-20(32-2)11-7-18)17-19-8-12-21(33-3)13-9-19/h6-13,15H,4-5,14,16-17H2,1-3H3,(H2,26,27). The van der Waals surface area contributed by atoms with E-state index in [-0.39, 0.29) is 23.1 Å². The number of unbranched alkanes of at least 4 members (excludes halogenated alkanes) is 1. The molecule has 3 rings (SSSR count). The van der Waals surface area contributed by atoms with E-state index >= 15 is 0 Å². The Hall–Kier alpha value is -4.01. The topological polar surface area (TPSA) is 113 Å². The fraction of sp³-hybridized carbons (Fsp3) is 0.320. The Kier molecular flexibility index (Phi) is 8.50. The van der Waals surface area contributed by atoms with Crippen LogP contribution < -0.4 is 24.8 Å². The first-order valence-electron chi connectivity index (χ1n) is 11.0. The van der Waals surface area contributed by atoms with Gasteiger partial charge in [0.15, 0.2) is 0 Å². The summed E-state index contributed by atoms with van der Waals surface area (Å²) in [5.74, 6) is 1.87. The van der Waals surface area contributed by atoms with Gasteiger partial charge >= 0.3 is 5.69 Å². The molecule has 0 aliphatic rings. The molecule has 3 aromatic rings. The minimum Gasteiger partial charge on any atom is -0.497 e.